The zero-order valence-electron chi connectivity index (χ0n) is 12.4. The van der Waals surface area contributed by atoms with Gasteiger partial charge in [-0.1, -0.05) is 6.42 Å². The van der Waals surface area contributed by atoms with Crippen LogP contribution in [0.25, 0.3) is 10.2 Å². The number of hydrogen-bond donors (Lipinski definition) is 1. The highest BCUT2D eigenvalue weighted by atomic mass is 35.5. The largest absolute Gasteiger partial charge is 0.327 e. The molecule has 1 saturated heterocycles. The standard InChI is InChI=1S/C16H20FN3S.ClH/c17-11-4-5-14-15(6-11)21-16(19-14)9-20-7-10-2-1-3-13(18)12(10)8-20;/h4-6,10,12-13H,1-3,7-9,18H2;1H. The highest BCUT2D eigenvalue weighted by Gasteiger charge is 2.38. The number of benzene rings is 1. The van der Waals surface area contributed by atoms with E-state index in [-0.39, 0.29) is 18.2 Å². The van der Waals surface area contributed by atoms with E-state index >= 15 is 0 Å². The van der Waals surface area contributed by atoms with Crippen LogP contribution in [0.2, 0.25) is 0 Å². The van der Waals surface area contributed by atoms with Crippen molar-refractivity contribution < 1.29 is 4.39 Å². The van der Waals surface area contributed by atoms with Crippen molar-refractivity contribution in [1.82, 2.24) is 9.88 Å². The predicted octanol–water partition coefficient (Wildman–Crippen LogP) is 3.42. The Bertz CT molecular complexity index is 662. The maximum Gasteiger partial charge on any atom is 0.124 e. The quantitative estimate of drug-likeness (QED) is 0.910. The van der Waals surface area contributed by atoms with E-state index in [0.717, 1.165) is 40.8 Å². The van der Waals surface area contributed by atoms with Gasteiger partial charge in [-0.05, 0) is 42.9 Å². The van der Waals surface area contributed by atoms with Crippen molar-refractivity contribution in [1.29, 1.82) is 0 Å². The normalized spacial score (nSPS) is 28.5. The Balaban J connectivity index is 0.00000144. The summed E-state index contributed by atoms with van der Waals surface area (Å²) in [5, 5.41) is 1.09. The molecule has 3 atom stereocenters. The Labute approximate surface area is 140 Å². The molecule has 2 heterocycles. The minimum absolute atomic E-state index is 0. The number of likely N-dealkylation sites (tertiary alicyclic amines) is 1. The number of thiazole rings is 1. The topological polar surface area (TPSA) is 42.1 Å². The molecule has 6 heteroatoms. The molecular weight excluding hydrogens is 321 g/mol. The SMILES string of the molecule is Cl.NC1CCCC2CN(Cc3nc4ccc(F)cc4s3)CC12. The van der Waals surface area contributed by atoms with Gasteiger partial charge in [0.05, 0.1) is 16.8 Å². The molecule has 1 saturated carbocycles. The zero-order valence-corrected chi connectivity index (χ0v) is 14.0. The molecule has 3 unspecified atom stereocenters. The van der Waals surface area contributed by atoms with Crippen molar-refractivity contribution in [2.24, 2.45) is 17.6 Å². The van der Waals surface area contributed by atoms with Crippen molar-refractivity contribution in [2.75, 3.05) is 13.1 Å². The molecule has 2 aliphatic rings. The molecule has 1 aromatic heterocycles. The van der Waals surface area contributed by atoms with Crippen LogP contribution in [-0.4, -0.2) is 29.0 Å². The summed E-state index contributed by atoms with van der Waals surface area (Å²) >= 11 is 1.61. The molecule has 0 bridgehead atoms. The second-order valence-corrected chi connectivity index (χ2v) is 7.55. The van der Waals surface area contributed by atoms with E-state index in [1.807, 2.05) is 0 Å². The number of hydrogen-bond acceptors (Lipinski definition) is 4. The average molecular weight is 342 g/mol. The molecule has 0 amide bonds. The van der Waals surface area contributed by atoms with Crippen LogP contribution in [0.5, 0.6) is 0 Å². The molecule has 2 aromatic rings. The molecule has 1 aliphatic carbocycles. The third-order valence-corrected chi connectivity index (χ3v) is 5.99. The minimum Gasteiger partial charge on any atom is -0.327 e. The maximum absolute atomic E-state index is 13.2. The van der Waals surface area contributed by atoms with Crippen LogP contribution in [0, 0.1) is 17.7 Å². The summed E-state index contributed by atoms with van der Waals surface area (Å²) in [6, 6.07) is 5.20. The second kappa shape index (κ2) is 6.40. The molecule has 0 radical (unpaired) electrons. The summed E-state index contributed by atoms with van der Waals surface area (Å²) in [5.41, 5.74) is 7.18. The lowest BCUT2D eigenvalue weighted by molar-refractivity contribution is 0.259. The molecule has 22 heavy (non-hydrogen) atoms. The Hall–Kier alpha value is -0.750. The van der Waals surface area contributed by atoms with Crippen LogP contribution in [0.15, 0.2) is 18.2 Å². The van der Waals surface area contributed by atoms with Gasteiger partial charge in [-0.25, -0.2) is 9.37 Å². The molecular formula is C16H21ClFN3S. The molecule has 1 aliphatic heterocycles. The number of rotatable bonds is 2. The number of nitrogens with two attached hydrogens (primary N) is 1. The van der Waals surface area contributed by atoms with Gasteiger partial charge in [-0.2, -0.15) is 0 Å². The van der Waals surface area contributed by atoms with Crippen molar-refractivity contribution in [3.8, 4) is 0 Å². The van der Waals surface area contributed by atoms with Gasteiger partial charge >= 0.3 is 0 Å². The first-order chi connectivity index (χ1) is 10.2. The van der Waals surface area contributed by atoms with Crippen molar-refractivity contribution in [2.45, 2.75) is 31.8 Å². The van der Waals surface area contributed by atoms with Gasteiger partial charge in [0, 0.05) is 19.1 Å². The molecule has 120 valence electrons. The first kappa shape index (κ1) is 16.1. The summed E-state index contributed by atoms with van der Waals surface area (Å²) in [4.78, 5) is 7.11. The Morgan fingerprint density at radius 2 is 2.18 bits per heavy atom. The Morgan fingerprint density at radius 1 is 1.32 bits per heavy atom. The summed E-state index contributed by atoms with van der Waals surface area (Å²) in [6.45, 7) is 3.11. The summed E-state index contributed by atoms with van der Waals surface area (Å²) in [6.07, 6.45) is 3.77. The van der Waals surface area contributed by atoms with Crippen LogP contribution in [-0.2, 0) is 6.54 Å². The van der Waals surface area contributed by atoms with E-state index < -0.39 is 0 Å². The monoisotopic (exact) mass is 341 g/mol. The van der Waals surface area contributed by atoms with E-state index in [0.29, 0.717) is 12.0 Å². The van der Waals surface area contributed by atoms with Crippen molar-refractivity contribution in [3.63, 3.8) is 0 Å². The molecule has 2 N–H and O–H groups in total. The van der Waals surface area contributed by atoms with Gasteiger partial charge in [0.25, 0.3) is 0 Å². The van der Waals surface area contributed by atoms with Gasteiger partial charge < -0.3 is 5.73 Å². The Kier molecular flexibility index (Phi) is 4.69. The lowest BCUT2D eigenvalue weighted by atomic mass is 9.78. The van der Waals surface area contributed by atoms with E-state index in [1.165, 1.54) is 25.3 Å². The van der Waals surface area contributed by atoms with Crippen molar-refractivity contribution in [3.05, 3.63) is 29.0 Å². The molecule has 0 spiro atoms. The average Bonchev–Trinajstić information content (AvgIpc) is 3.02. The van der Waals surface area contributed by atoms with E-state index in [4.69, 9.17) is 5.73 Å². The number of nitrogens with zero attached hydrogens (tertiary/aromatic N) is 2. The fraction of sp³-hybridized carbons (Fsp3) is 0.562. The molecule has 2 fully saturated rings. The molecule has 1 aromatic carbocycles. The van der Waals surface area contributed by atoms with Gasteiger partial charge in [0.1, 0.15) is 10.8 Å². The minimum atomic E-state index is -0.184. The smallest absolute Gasteiger partial charge is 0.124 e. The number of aromatic nitrogens is 1. The summed E-state index contributed by atoms with van der Waals surface area (Å²) in [7, 11) is 0. The van der Waals surface area contributed by atoms with Crippen LogP contribution in [0.4, 0.5) is 4.39 Å². The van der Waals surface area contributed by atoms with Gasteiger partial charge in [0.2, 0.25) is 0 Å². The highest BCUT2D eigenvalue weighted by Crippen LogP contribution is 2.36. The third-order valence-electron chi connectivity index (χ3n) is 4.98. The number of halogens is 2. The summed E-state index contributed by atoms with van der Waals surface area (Å²) < 4.78 is 14.2. The lowest BCUT2D eigenvalue weighted by Crippen LogP contribution is -2.38. The highest BCUT2D eigenvalue weighted by molar-refractivity contribution is 7.18. The lowest BCUT2D eigenvalue weighted by Gasteiger charge is -2.29. The van der Waals surface area contributed by atoms with Gasteiger partial charge in [0.15, 0.2) is 0 Å². The second-order valence-electron chi connectivity index (χ2n) is 6.43. The van der Waals surface area contributed by atoms with E-state index in [9.17, 15) is 4.39 Å². The van der Waals surface area contributed by atoms with Gasteiger partial charge in [-0.3, -0.25) is 4.90 Å². The van der Waals surface area contributed by atoms with Crippen LogP contribution in [0.3, 0.4) is 0 Å². The van der Waals surface area contributed by atoms with Crippen LogP contribution < -0.4 is 5.73 Å². The molecule has 4 rings (SSSR count). The third kappa shape index (κ3) is 3.00. The fourth-order valence-corrected chi connectivity index (χ4v) is 4.98. The van der Waals surface area contributed by atoms with Crippen LogP contribution >= 0.6 is 23.7 Å². The fourth-order valence-electron chi connectivity index (χ4n) is 3.94. The number of fused-ring (bicyclic) bond motifs is 2. The van der Waals surface area contributed by atoms with Crippen LogP contribution in [0.1, 0.15) is 24.3 Å². The first-order valence-corrected chi connectivity index (χ1v) is 8.53. The maximum atomic E-state index is 13.2. The zero-order chi connectivity index (χ0) is 14.4. The summed E-state index contributed by atoms with van der Waals surface area (Å²) in [5.74, 6) is 1.24. The van der Waals surface area contributed by atoms with Gasteiger partial charge in [-0.15, -0.1) is 23.7 Å². The predicted molar refractivity (Wildman–Crippen MR) is 90.9 cm³/mol. The first-order valence-electron chi connectivity index (χ1n) is 7.72. The van der Waals surface area contributed by atoms with E-state index in [1.54, 1.807) is 23.5 Å². The molecule has 3 nitrogen and oxygen atoms in total. The van der Waals surface area contributed by atoms with E-state index in [2.05, 4.69) is 9.88 Å². The Morgan fingerprint density at radius 3 is 3.00 bits per heavy atom. The van der Waals surface area contributed by atoms with Crippen molar-refractivity contribution >= 4 is 34.0 Å².